The van der Waals surface area contributed by atoms with Gasteiger partial charge in [-0.2, -0.15) is 0 Å². The van der Waals surface area contributed by atoms with Gasteiger partial charge < -0.3 is 19.9 Å². The lowest BCUT2D eigenvalue weighted by atomic mass is 9.81. The van der Waals surface area contributed by atoms with Crippen molar-refractivity contribution in [3.63, 3.8) is 0 Å². The van der Waals surface area contributed by atoms with E-state index in [0.717, 1.165) is 77.5 Å². The van der Waals surface area contributed by atoms with Crippen molar-refractivity contribution in [3.8, 4) is 0 Å². The highest BCUT2D eigenvalue weighted by Gasteiger charge is 2.32. The van der Waals surface area contributed by atoms with Crippen LogP contribution in [0.15, 0.2) is 0 Å². The zero-order chi connectivity index (χ0) is 16.9. The number of carbonyl (C=O) groups excluding carboxylic acids is 3. The number of nitrogens with zero attached hydrogens (tertiary/aromatic N) is 2. The van der Waals surface area contributed by atoms with E-state index in [2.05, 4.69) is 5.32 Å². The minimum Gasteiger partial charge on any atom is -0.342 e. The third-order valence-electron chi connectivity index (χ3n) is 5.91. The van der Waals surface area contributed by atoms with E-state index in [1.165, 1.54) is 0 Å². The van der Waals surface area contributed by atoms with Crippen molar-refractivity contribution in [2.24, 2.45) is 17.8 Å². The van der Waals surface area contributed by atoms with Crippen LogP contribution in [0, 0.1) is 17.8 Å². The Hall–Kier alpha value is -1.43. The predicted molar refractivity (Wildman–Crippen MR) is 90.3 cm³/mol. The molecule has 2 saturated heterocycles. The van der Waals surface area contributed by atoms with Crippen molar-refractivity contribution >= 4 is 18.1 Å². The molecule has 3 rings (SSSR count). The van der Waals surface area contributed by atoms with Gasteiger partial charge in [-0.15, -0.1) is 0 Å². The van der Waals surface area contributed by atoms with Crippen molar-refractivity contribution in [1.29, 1.82) is 0 Å². The Bertz CT molecular complexity index is 466. The molecule has 1 aliphatic carbocycles. The van der Waals surface area contributed by atoms with E-state index in [1.807, 2.05) is 9.80 Å². The molecule has 3 aliphatic rings. The Kier molecular flexibility index (Phi) is 5.87. The molecule has 2 aliphatic heterocycles. The monoisotopic (exact) mass is 335 g/mol. The largest absolute Gasteiger partial charge is 0.342 e. The summed E-state index contributed by atoms with van der Waals surface area (Å²) in [5, 5.41) is 3.10. The first-order chi connectivity index (χ1) is 11.7. The van der Waals surface area contributed by atoms with Crippen LogP contribution in [0.2, 0.25) is 0 Å². The van der Waals surface area contributed by atoms with E-state index in [9.17, 15) is 14.4 Å². The van der Waals surface area contributed by atoms with Crippen LogP contribution >= 0.6 is 0 Å². The third-order valence-corrected chi connectivity index (χ3v) is 5.91. The SMILES string of the molecule is O=CC1CCC(C(=O)N2CCC(CN3CCNCC3=O)CC2)CC1. The Morgan fingerprint density at radius 3 is 2.42 bits per heavy atom. The average Bonchev–Trinajstić information content (AvgIpc) is 2.64. The van der Waals surface area contributed by atoms with E-state index in [1.54, 1.807) is 0 Å². The molecule has 0 spiro atoms. The molecular weight excluding hydrogens is 306 g/mol. The van der Waals surface area contributed by atoms with Crippen molar-refractivity contribution in [3.05, 3.63) is 0 Å². The smallest absolute Gasteiger partial charge is 0.236 e. The zero-order valence-electron chi connectivity index (χ0n) is 14.4. The molecule has 24 heavy (non-hydrogen) atoms. The minimum absolute atomic E-state index is 0.118. The van der Waals surface area contributed by atoms with Gasteiger partial charge in [-0.25, -0.2) is 0 Å². The highest BCUT2D eigenvalue weighted by atomic mass is 16.2. The lowest BCUT2D eigenvalue weighted by Gasteiger charge is -2.38. The maximum absolute atomic E-state index is 12.7. The number of nitrogens with one attached hydrogen (secondary N) is 1. The minimum atomic E-state index is 0.118. The summed E-state index contributed by atoms with van der Waals surface area (Å²) in [4.78, 5) is 39.4. The van der Waals surface area contributed by atoms with Crippen molar-refractivity contribution in [2.45, 2.75) is 38.5 Å². The second-order valence-corrected chi connectivity index (χ2v) is 7.53. The normalized spacial score (nSPS) is 29.6. The molecule has 1 saturated carbocycles. The number of amides is 2. The van der Waals surface area contributed by atoms with Crippen LogP contribution in [0.3, 0.4) is 0 Å². The fourth-order valence-electron chi connectivity index (χ4n) is 4.25. The molecular formula is C18H29N3O3. The number of rotatable bonds is 4. The number of piperazine rings is 1. The number of aldehydes is 1. The molecule has 134 valence electrons. The number of carbonyl (C=O) groups is 3. The Labute approximate surface area is 143 Å². The van der Waals surface area contributed by atoms with E-state index in [0.29, 0.717) is 12.5 Å². The van der Waals surface area contributed by atoms with Crippen LogP contribution in [0.5, 0.6) is 0 Å². The molecule has 6 nitrogen and oxygen atoms in total. The van der Waals surface area contributed by atoms with E-state index in [-0.39, 0.29) is 23.7 Å². The molecule has 0 unspecified atom stereocenters. The number of likely N-dealkylation sites (tertiary alicyclic amines) is 1. The van der Waals surface area contributed by atoms with Gasteiger partial charge in [0.1, 0.15) is 6.29 Å². The van der Waals surface area contributed by atoms with Crippen LogP contribution in [0.25, 0.3) is 0 Å². The van der Waals surface area contributed by atoms with Crippen LogP contribution in [0.1, 0.15) is 38.5 Å². The second-order valence-electron chi connectivity index (χ2n) is 7.53. The molecule has 2 heterocycles. The number of hydrogen-bond donors (Lipinski definition) is 1. The molecule has 0 atom stereocenters. The van der Waals surface area contributed by atoms with Gasteiger partial charge in [0.25, 0.3) is 0 Å². The lowest BCUT2D eigenvalue weighted by molar-refractivity contribution is -0.139. The lowest BCUT2D eigenvalue weighted by Crippen LogP contribution is -2.51. The van der Waals surface area contributed by atoms with Crippen LogP contribution in [-0.2, 0) is 14.4 Å². The van der Waals surface area contributed by atoms with E-state index in [4.69, 9.17) is 0 Å². The van der Waals surface area contributed by atoms with E-state index < -0.39 is 0 Å². The standard InChI is InChI=1S/C18H29N3O3/c22-13-15-1-3-16(4-2-15)18(24)20-8-5-14(6-9-20)12-21-10-7-19-11-17(21)23/h13-16,19H,1-12H2. The summed E-state index contributed by atoms with van der Waals surface area (Å²) in [6.07, 6.45) is 6.47. The van der Waals surface area contributed by atoms with E-state index >= 15 is 0 Å². The summed E-state index contributed by atoms with van der Waals surface area (Å²) in [7, 11) is 0. The fourth-order valence-corrected chi connectivity index (χ4v) is 4.25. The molecule has 1 N–H and O–H groups in total. The van der Waals surface area contributed by atoms with Crippen molar-refractivity contribution < 1.29 is 14.4 Å². The Morgan fingerprint density at radius 1 is 1.08 bits per heavy atom. The Morgan fingerprint density at radius 2 is 1.79 bits per heavy atom. The van der Waals surface area contributed by atoms with Crippen LogP contribution in [-0.4, -0.2) is 67.2 Å². The maximum atomic E-state index is 12.7. The summed E-state index contributed by atoms with van der Waals surface area (Å²) in [6, 6.07) is 0. The first kappa shape index (κ1) is 17.4. The number of hydrogen-bond acceptors (Lipinski definition) is 4. The quantitative estimate of drug-likeness (QED) is 0.767. The summed E-state index contributed by atoms with van der Waals surface area (Å²) in [5.74, 6) is 1.29. The molecule has 6 heteroatoms. The second kappa shape index (κ2) is 8.10. The van der Waals surface area contributed by atoms with Gasteiger partial charge in [0.15, 0.2) is 0 Å². The fraction of sp³-hybridized carbons (Fsp3) is 0.833. The first-order valence-electron chi connectivity index (χ1n) is 9.40. The zero-order valence-corrected chi connectivity index (χ0v) is 14.4. The summed E-state index contributed by atoms with van der Waals surface area (Å²) in [5.41, 5.74) is 0. The summed E-state index contributed by atoms with van der Waals surface area (Å²) >= 11 is 0. The summed E-state index contributed by atoms with van der Waals surface area (Å²) < 4.78 is 0. The van der Waals surface area contributed by atoms with Crippen molar-refractivity contribution in [2.75, 3.05) is 39.3 Å². The van der Waals surface area contributed by atoms with Crippen LogP contribution < -0.4 is 5.32 Å². The summed E-state index contributed by atoms with van der Waals surface area (Å²) in [6.45, 7) is 4.62. The predicted octanol–water partition coefficient (Wildman–Crippen LogP) is 0.662. The van der Waals surface area contributed by atoms with Gasteiger partial charge in [0.2, 0.25) is 11.8 Å². The number of piperidine rings is 1. The molecule has 0 bridgehead atoms. The first-order valence-corrected chi connectivity index (χ1v) is 9.40. The van der Waals surface area contributed by atoms with Crippen LogP contribution in [0.4, 0.5) is 0 Å². The highest BCUT2D eigenvalue weighted by molar-refractivity contribution is 5.79. The van der Waals surface area contributed by atoms with Gasteiger partial charge in [-0.1, -0.05) is 0 Å². The Balaban J connectivity index is 1.42. The molecule has 2 amide bonds. The maximum Gasteiger partial charge on any atom is 0.236 e. The molecule has 0 aromatic carbocycles. The molecule has 0 radical (unpaired) electrons. The van der Waals surface area contributed by atoms with Gasteiger partial charge in [-0.3, -0.25) is 9.59 Å². The van der Waals surface area contributed by atoms with Gasteiger partial charge >= 0.3 is 0 Å². The molecule has 3 fully saturated rings. The molecule has 0 aromatic heterocycles. The van der Waals surface area contributed by atoms with Gasteiger partial charge in [-0.05, 0) is 44.4 Å². The highest BCUT2D eigenvalue weighted by Crippen LogP contribution is 2.30. The topological polar surface area (TPSA) is 69.7 Å². The average molecular weight is 335 g/mol. The van der Waals surface area contributed by atoms with Gasteiger partial charge in [0.05, 0.1) is 6.54 Å². The van der Waals surface area contributed by atoms with Crippen molar-refractivity contribution in [1.82, 2.24) is 15.1 Å². The molecule has 0 aromatic rings. The third kappa shape index (κ3) is 4.15. The van der Waals surface area contributed by atoms with Gasteiger partial charge in [0, 0.05) is 44.6 Å².